The second-order valence-corrected chi connectivity index (χ2v) is 6.19. The van der Waals surface area contributed by atoms with E-state index in [0.717, 1.165) is 10.0 Å². The Labute approximate surface area is 142 Å². The van der Waals surface area contributed by atoms with Crippen LogP contribution >= 0.6 is 15.9 Å². The monoisotopic (exact) mass is 380 g/mol. The first kappa shape index (κ1) is 17.1. The van der Waals surface area contributed by atoms with Crippen molar-refractivity contribution in [2.45, 2.75) is 33.4 Å². The van der Waals surface area contributed by atoms with Crippen molar-refractivity contribution in [3.63, 3.8) is 0 Å². The number of aryl methyl sites for hydroxylation is 1. The highest BCUT2D eigenvalue weighted by Gasteiger charge is 2.23. The fraction of sp³-hybridized carbons (Fsp3) is 0.333. The number of amides is 1. The standard InChI is InChI=1S/C15H17BrN4O3/c1-9(12-4-6-13(16)7-5-12)17-14(21)8-19-11(3)15(20(22)23)10(2)18-19/h4-7,9H,8H2,1-3H3,(H,17,21)/t9-/m0/s1. The number of benzene rings is 1. The van der Waals surface area contributed by atoms with Gasteiger partial charge in [0, 0.05) is 4.47 Å². The van der Waals surface area contributed by atoms with Gasteiger partial charge in [-0.1, -0.05) is 28.1 Å². The van der Waals surface area contributed by atoms with Crippen LogP contribution < -0.4 is 5.32 Å². The smallest absolute Gasteiger partial charge is 0.312 e. The van der Waals surface area contributed by atoms with Crippen molar-refractivity contribution in [1.82, 2.24) is 15.1 Å². The summed E-state index contributed by atoms with van der Waals surface area (Å²) < 4.78 is 2.33. The Balaban J connectivity index is 2.06. The molecular weight excluding hydrogens is 364 g/mol. The van der Waals surface area contributed by atoms with Gasteiger partial charge in [-0.2, -0.15) is 5.10 Å². The highest BCUT2D eigenvalue weighted by atomic mass is 79.9. The molecule has 0 aliphatic rings. The Kier molecular flexibility index (Phi) is 5.15. The van der Waals surface area contributed by atoms with Crippen molar-refractivity contribution in [1.29, 1.82) is 0 Å². The first-order valence-electron chi connectivity index (χ1n) is 7.02. The molecule has 8 heteroatoms. The Morgan fingerprint density at radius 1 is 1.39 bits per heavy atom. The highest BCUT2D eigenvalue weighted by Crippen LogP contribution is 2.22. The summed E-state index contributed by atoms with van der Waals surface area (Å²) in [6, 6.07) is 7.49. The second kappa shape index (κ2) is 6.91. The fourth-order valence-corrected chi connectivity index (χ4v) is 2.63. The molecule has 122 valence electrons. The molecule has 0 aliphatic heterocycles. The second-order valence-electron chi connectivity index (χ2n) is 5.27. The lowest BCUT2D eigenvalue weighted by molar-refractivity contribution is -0.386. The summed E-state index contributed by atoms with van der Waals surface area (Å²) in [5.74, 6) is -0.249. The molecule has 1 heterocycles. The number of hydrogen-bond donors (Lipinski definition) is 1. The molecule has 1 amide bonds. The van der Waals surface area contributed by atoms with Crippen molar-refractivity contribution < 1.29 is 9.72 Å². The molecule has 0 unspecified atom stereocenters. The van der Waals surface area contributed by atoms with E-state index in [1.165, 1.54) is 4.68 Å². The van der Waals surface area contributed by atoms with E-state index >= 15 is 0 Å². The van der Waals surface area contributed by atoms with Crippen molar-refractivity contribution in [2.75, 3.05) is 0 Å². The topological polar surface area (TPSA) is 90.1 Å². The molecule has 1 aromatic carbocycles. The van der Waals surface area contributed by atoms with Gasteiger partial charge in [-0.25, -0.2) is 0 Å². The molecule has 2 aromatic rings. The predicted octanol–water partition coefficient (Wildman–Crippen LogP) is 3.05. The first-order chi connectivity index (χ1) is 10.8. The maximum absolute atomic E-state index is 12.2. The van der Waals surface area contributed by atoms with E-state index < -0.39 is 4.92 Å². The van der Waals surface area contributed by atoms with Crippen LogP contribution in [0.4, 0.5) is 5.69 Å². The normalized spacial score (nSPS) is 12.0. The summed E-state index contributed by atoms with van der Waals surface area (Å²) >= 11 is 3.36. The molecule has 1 aromatic heterocycles. The summed E-state index contributed by atoms with van der Waals surface area (Å²) in [5, 5.41) is 17.9. The van der Waals surface area contributed by atoms with E-state index in [0.29, 0.717) is 11.4 Å². The van der Waals surface area contributed by atoms with Crippen LogP contribution in [0.15, 0.2) is 28.7 Å². The summed E-state index contributed by atoms with van der Waals surface area (Å²) in [7, 11) is 0. The van der Waals surface area contributed by atoms with Crippen LogP contribution in [0.5, 0.6) is 0 Å². The van der Waals surface area contributed by atoms with Crippen LogP contribution in [-0.4, -0.2) is 20.6 Å². The van der Waals surface area contributed by atoms with Gasteiger partial charge < -0.3 is 5.32 Å². The number of hydrogen-bond acceptors (Lipinski definition) is 4. The largest absolute Gasteiger partial charge is 0.348 e. The molecule has 0 saturated heterocycles. The fourth-order valence-electron chi connectivity index (χ4n) is 2.36. The minimum atomic E-state index is -0.476. The number of nitro groups is 1. The lowest BCUT2D eigenvalue weighted by Gasteiger charge is -2.14. The van der Waals surface area contributed by atoms with E-state index in [4.69, 9.17) is 0 Å². The van der Waals surface area contributed by atoms with Gasteiger partial charge in [0.1, 0.15) is 17.9 Å². The summed E-state index contributed by atoms with van der Waals surface area (Å²) in [6.45, 7) is 4.97. The molecule has 0 saturated carbocycles. The van der Waals surface area contributed by atoms with E-state index in [-0.39, 0.29) is 24.2 Å². The number of carbonyl (C=O) groups excluding carboxylic acids is 1. The molecule has 0 fully saturated rings. The molecule has 0 radical (unpaired) electrons. The number of rotatable bonds is 5. The quantitative estimate of drug-likeness (QED) is 0.637. The number of nitrogens with zero attached hydrogens (tertiary/aromatic N) is 3. The van der Waals surface area contributed by atoms with Gasteiger partial charge in [0.15, 0.2) is 0 Å². The zero-order valence-corrected chi connectivity index (χ0v) is 14.6. The average molecular weight is 381 g/mol. The zero-order chi connectivity index (χ0) is 17.1. The molecule has 0 aliphatic carbocycles. The molecule has 2 rings (SSSR count). The summed E-state index contributed by atoms with van der Waals surface area (Å²) in [6.07, 6.45) is 0. The lowest BCUT2D eigenvalue weighted by Crippen LogP contribution is -2.30. The number of carbonyl (C=O) groups is 1. The van der Waals surface area contributed by atoms with Crippen LogP contribution in [0.25, 0.3) is 0 Å². The van der Waals surface area contributed by atoms with Gasteiger partial charge in [-0.05, 0) is 38.5 Å². The van der Waals surface area contributed by atoms with Crippen LogP contribution in [0, 0.1) is 24.0 Å². The molecule has 1 atom stereocenters. The first-order valence-corrected chi connectivity index (χ1v) is 7.82. The third-order valence-corrected chi connectivity index (χ3v) is 4.10. The van der Waals surface area contributed by atoms with Crippen LogP contribution in [0.2, 0.25) is 0 Å². The van der Waals surface area contributed by atoms with Crippen molar-refractivity contribution in [3.05, 3.63) is 55.8 Å². The minimum Gasteiger partial charge on any atom is -0.348 e. The van der Waals surface area contributed by atoms with Gasteiger partial charge in [-0.3, -0.25) is 19.6 Å². The molecule has 1 N–H and O–H groups in total. The van der Waals surface area contributed by atoms with Gasteiger partial charge in [0.25, 0.3) is 0 Å². The third kappa shape index (κ3) is 3.95. The Hall–Kier alpha value is -2.22. The number of aromatic nitrogens is 2. The van der Waals surface area contributed by atoms with Crippen molar-refractivity contribution >= 4 is 27.5 Å². The van der Waals surface area contributed by atoms with E-state index in [9.17, 15) is 14.9 Å². The van der Waals surface area contributed by atoms with E-state index in [1.54, 1.807) is 13.8 Å². The van der Waals surface area contributed by atoms with Crippen molar-refractivity contribution in [2.24, 2.45) is 0 Å². The molecule has 0 spiro atoms. The molecular formula is C15H17BrN4O3. The Morgan fingerprint density at radius 3 is 2.52 bits per heavy atom. The summed E-state index contributed by atoms with van der Waals surface area (Å²) in [4.78, 5) is 22.7. The average Bonchev–Trinajstić information content (AvgIpc) is 2.73. The predicted molar refractivity (Wildman–Crippen MR) is 89.1 cm³/mol. The SMILES string of the molecule is Cc1nn(CC(=O)N[C@@H](C)c2ccc(Br)cc2)c(C)c1[N+](=O)[O-]. The number of halogens is 1. The minimum absolute atomic E-state index is 0.0428. The van der Waals surface area contributed by atoms with Crippen LogP contribution in [0.1, 0.15) is 29.9 Å². The summed E-state index contributed by atoms with van der Waals surface area (Å²) in [5.41, 5.74) is 1.61. The molecule has 23 heavy (non-hydrogen) atoms. The lowest BCUT2D eigenvalue weighted by atomic mass is 10.1. The van der Waals surface area contributed by atoms with E-state index in [2.05, 4.69) is 26.3 Å². The van der Waals surface area contributed by atoms with Crippen LogP contribution in [0.3, 0.4) is 0 Å². The highest BCUT2D eigenvalue weighted by molar-refractivity contribution is 9.10. The van der Waals surface area contributed by atoms with Gasteiger partial charge in [0.05, 0.1) is 11.0 Å². The maximum Gasteiger partial charge on any atom is 0.312 e. The van der Waals surface area contributed by atoms with Crippen molar-refractivity contribution in [3.8, 4) is 0 Å². The maximum atomic E-state index is 12.2. The molecule has 7 nitrogen and oxygen atoms in total. The van der Waals surface area contributed by atoms with E-state index in [1.807, 2.05) is 31.2 Å². The molecule has 0 bridgehead atoms. The van der Waals surface area contributed by atoms with Gasteiger partial charge in [0.2, 0.25) is 5.91 Å². The Morgan fingerprint density at radius 2 is 2.00 bits per heavy atom. The van der Waals surface area contributed by atoms with Gasteiger partial charge in [-0.15, -0.1) is 0 Å². The zero-order valence-electron chi connectivity index (χ0n) is 13.0. The number of nitrogens with one attached hydrogen (secondary N) is 1. The Bertz CT molecular complexity index is 740. The van der Waals surface area contributed by atoms with Crippen LogP contribution in [-0.2, 0) is 11.3 Å². The van der Waals surface area contributed by atoms with Gasteiger partial charge >= 0.3 is 5.69 Å². The third-order valence-electron chi connectivity index (χ3n) is 3.57.